The van der Waals surface area contributed by atoms with Crippen molar-refractivity contribution in [2.45, 2.75) is 44.2 Å². The largest absolute Gasteiger partial charge is 0.338 e. The Morgan fingerprint density at radius 2 is 2.21 bits per heavy atom. The molecule has 1 saturated carbocycles. The minimum absolute atomic E-state index is 0.0185. The Bertz CT molecular complexity index is 715. The second-order valence-corrected chi connectivity index (χ2v) is 6.91. The van der Waals surface area contributed by atoms with Crippen LogP contribution in [0, 0.1) is 11.7 Å². The molecule has 1 aliphatic carbocycles. The van der Waals surface area contributed by atoms with Crippen molar-refractivity contribution in [2.75, 3.05) is 6.54 Å². The number of benzene rings is 1. The molecule has 0 radical (unpaired) electrons. The Balaban J connectivity index is 1.45. The van der Waals surface area contributed by atoms with Crippen LogP contribution in [0.2, 0.25) is 0 Å². The van der Waals surface area contributed by atoms with Crippen LogP contribution < -0.4 is 0 Å². The average molecular weight is 327 g/mol. The maximum Gasteiger partial charge on any atom is 0.226 e. The molecule has 3 atom stereocenters. The van der Waals surface area contributed by atoms with E-state index in [9.17, 15) is 9.18 Å². The minimum atomic E-state index is -0.222. The van der Waals surface area contributed by atoms with Crippen LogP contribution in [0.25, 0.3) is 0 Å². The molecule has 1 aromatic heterocycles. The molecule has 1 aromatic carbocycles. The van der Waals surface area contributed by atoms with Crippen LogP contribution in [-0.4, -0.2) is 33.2 Å². The molecule has 5 heteroatoms. The molecule has 1 saturated heterocycles. The lowest BCUT2D eigenvalue weighted by Crippen LogP contribution is -2.46. The molecular weight excluding hydrogens is 305 g/mol. The number of hydrogen-bond acceptors (Lipinski definition) is 2. The molecule has 2 heterocycles. The number of carbonyl (C=O) groups excluding carboxylic acids is 1. The summed E-state index contributed by atoms with van der Waals surface area (Å²) in [6, 6.07) is 8.81. The number of amides is 1. The second kappa shape index (κ2) is 6.38. The highest BCUT2D eigenvalue weighted by Crippen LogP contribution is 2.49. The van der Waals surface area contributed by atoms with Gasteiger partial charge in [0.1, 0.15) is 5.82 Å². The van der Waals surface area contributed by atoms with Crippen LogP contribution in [0.3, 0.4) is 0 Å². The van der Waals surface area contributed by atoms with E-state index < -0.39 is 0 Å². The third-order valence-corrected chi connectivity index (χ3v) is 5.25. The first-order valence-corrected chi connectivity index (χ1v) is 8.76. The van der Waals surface area contributed by atoms with E-state index in [0.717, 1.165) is 44.3 Å². The Kier molecular flexibility index (Phi) is 4.08. The van der Waals surface area contributed by atoms with Gasteiger partial charge in [-0.1, -0.05) is 12.1 Å². The maximum atomic E-state index is 13.4. The van der Waals surface area contributed by atoms with Crippen LogP contribution in [0.15, 0.2) is 42.7 Å². The summed E-state index contributed by atoms with van der Waals surface area (Å²) in [4.78, 5) is 15.0. The van der Waals surface area contributed by atoms with Gasteiger partial charge in [-0.05, 0) is 55.4 Å². The first-order valence-electron chi connectivity index (χ1n) is 8.76. The maximum absolute atomic E-state index is 13.4. The van der Waals surface area contributed by atoms with E-state index >= 15 is 0 Å². The molecule has 24 heavy (non-hydrogen) atoms. The number of piperidine rings is 1. The van der Waals surface area contributed by atoms with Gasteiger partial charge in [0.05, 0.1) is 12.6 Å². The van der Waals surface area contributed by atoms with Gasteiger partial charge in [-0.2, -0.15) is 5.10 Å². The predicted octanol–water partition coefficient (Wildman–Crippen LogP) is 3.21. The molecule has 1 aliphatic heterocycles. The van der Waals surface area contributed by atoms with Crippen molar-refractivity contribution in [1.82, 2.24) is 14.7 Å². The fraction of sp³-hybridized carbons (Fsp3) is 0.474. The van der Waals surface area contributed by atoms with Crippen LogP contribution in [0.1, 0.15) is 37.2 Å². The molecule has 4 nitrogen and oxygen atoms in total. The smallest absolute Gasteiger partial charge is 0.226 e. The zero-order chi connectivity index (χ0) is 16.5. The molecule has 0 unspecified atom stereocenters. The average Bonchev–Trinajstić information content (AvgIpc) is 3.24. The standard InChI is InChI=1S/C19H22FN3O/c20-15-6-3-5-14(11-15)17-12-18(17)19(24)23-10-2-1-7-16(23)13-22-9-4-8-21-22/h3-6,8-9,11,16-18H,1-2,7,10,12-13H2/t16-,17-,18+/m0/s1. The highest BCUT2D eigenvalue weighted by Gasteiger charge is 2.47. The normalized spacial score (nSPS) is 26.4. The van der Waals surface area contributed by atoms with Crippen LogP contribution in [0.4, 0.5) is 4.39 Å². The summed E-state index contributed by atoms with van der Waals surface area (Å²) in [5, 5.41) is 4.27. The van der Waals surface area contributed by atoms with Crippen LogP contribution >= 0.6 is 0 Å². The number of carbonyl (C=O) groups is 1. The lowest BCUT2D eigenvalue weighted by atomic mass is 10.0. The van der Waals surface area contributed by atoms with Gasteiger partial charge in [-0.15, -0.1) is 0 Å². The highest BCUT2D eigenvalue weighted by atomic mass is 19.1. The third kappa shape index (κ3) is 3.07. The molecular formula is C19H22FN3O. The number of nitrogens with zero attached hydrogens (tertiary/aromatic N) is 3. The van der Waals surface area contributed by atoms with Crippen molar-refractivity contribution in [2.24, 2.45) is 5.92 Å². The lowest BCUT2D eigenvalue weighted by molar-refractivity contribution is -0.136. The Morgan fingerprint density at radius 3 is 3.00 bits per heavy atom. The fourth-order valence-electron chi connectivity index (χ4n) is 3.89. The summed E-state index contributed by atoms with van der Waals surface area (Å²) in [6.45, 7) is 1.59. The van der Waals surface area contributed by atoms with Gasteiger partial charge in [0.25, 0.3) is 0 Å². The van der Waals surface area contributed by atoms with Crippen LogP contribution in [0.5, 0.6) is 0 Å². The van der Waals surface area contributed by atoms with E-state index in [1.807, 2.05) is 23.0 Å². The molecule has 0 N–H and O–H groups in total. The SMILES string of the molecule is O=C([C@@H]1C[C@H]1c1cccc(F)c1)N1CCCC[C@H]1Cn1cccn1. The minimum Gasteiger partial charge on any atom is -0.338 e. The van der Waals surface area contributed by atoms with E-state index in [1.54, 1.807) is 18.3 Å². The molecule has 1 amide bonds. The number of halogens is 1. The Morgan fingerprint density at radius 1 is 1.29 bits per heavy atom. The number of likely N-dealkylation sites (tertiary alicyclic amines) is 1. The van der Waals surface area contributed by atoms with E-state index in [1.165, 1.54) is 6.07 Å². The van der Waals surface area contributed by atoms with Gasteiger partial charge in [-0.3, -0.25) is 9.48 Å². The first-order chi connectivity index (χ1) is 11.7. The van der Waals surface area contributed by atoms with Gasteiger partial charge in [0.2, 0.25) is 5.91 Å². The second-order valence-electron chi connectivity index (χ2n) is 6.91. The molecule has 0 bridgehead atoms. The number of hydrogen-bond donors (Lipinski definition) is 0. The predicted molar refractivity (Wildman–Crippen MR) is 88.8 cm³/mol. The van der Waals surface area contributed by atoms with E-state index in [4.69, 9.17) is 0 Å². The van der Waals surface area contributed by atoms with Crippen LogP contribution in [-0.2, 0) is 11.3 Å². The molecule has 4 rings (SSSR count). The summed E-state index contributed by atoms with van der Waals surface area (Å²) in [7, 11) is 0. The van der Waals surface area contributed by atoms with E-state index in [0.29, 0.717) is 0 Å². The van der Waals surface area contributed by atoms with Gasteiger partial charge in [0.15, 0.2) is 0 Å². The molecule has 2 aliphatic rings. The van der Waals surface area contributed by atoms with Gasteiger partial charge < -0.3 is 4.90 Å². The van der Waals surface area contributed by atoms with Crippen molar-refractivity contribution < 1.29 is 9.18 Å². The highest BCUT2D eigenvalue weighted by molar-refractivity contribution is 5.83. The summed E-state index contributed by atoms with van der Waals surface area (Å²) >= 11 is 0. The lowest BCUT2D eigenvalue weighted by Gasteiger charge is -2.36. The monoisotopic (exact) mass is 327 g/mol. The zero-order valence-corrected chi connectivity index (χ0v) is 13.6. The zero-order valence-electron chi connectivity index (χ0n) is 13.6. The number of rotatable bonds is 4. The summed E-state index contributed by atoms with van der Waals surface area (Å²) < 4.78 is 15.3. The number of aromatic nitrogens is 2. The van der Waals surface area contributed by atoms with E-state index in [-0.39, 0.29) is 29.6 Å². The topological polar surface area (TPSA) is 38.1 Å². The van der Waals surface area contributed by atoms with Gasteiger partial charge >= 0.3 is 0 Å². The van der Waals surface area contributed by atoms with Gasteiger partial charge in [0, 0.05) is 24.9 Å². The van der Waals surface area contributed by atoms with Crippen molar-refractivity contribution in [1.29, 1.82) is 0 Å². The summed E-state index contributed by atoms with van der Waals surface area (Å²) in [6.07, 6.45) is 7.82. The third-order valence-electron chi connectivity index (χ3n) is 5.25. The summed E-state index contributed by atoms with van der Waals surface area (Å²) in [5.74, 6) is 0.215. The molecule has 2 aromatic rings. The molecule has 0 spiro atoms. The van der Waals surface area contributed by atoms with Crippen molar-refractivity contribution in [3.8, 4) is 0 Å². The molecule has 126 valence electrons. The molecule has 2 fully saturated rings. The quantitative estimate of drug-likeness (QED) is 0.865. The fourth-order valence-corrected chi connectivity index (χ4v) is 3.89. The van der Waals surface area contributed by atoms with Crippen molar-refractivity contribution in [3.05, 3.63) is 54.1 Å². The van der Waals surface area contributed by atoms with E-state index in [2.05, 4.69) is 10.00 Å². The Hall–Kier alpha value is -2.17. The first kappa shape index (κ1) is 15.4. The Labute approximate surface area is 141 Å². The van der Waals surface area contributed by atoms with Crippen molar-refractivity contribution in [3.63, 3.8) is 0 Å². The summed E-state index contributed by atoms with van der Waals surface area (Å²) in [5.41, 5.74) is 0.953. The van der Waals surface area contributed by atoms with Crippen molar-refractivity contribution >= 4 is 5.91 Å². The van der Waals surface area contributed by atoms with Gasteiger partial charge in [-0.25, -0.2) is 4.39 Å².